The molecule has 0 heterocycles. The summed E-state index contributed by atoms with van der Waals surface area (Å²) in [6.45, 7) is 9.68. The summed E-state index contributed by atoms with van der Waals surface area (Å²) in [5.74, 6) is 1.22. The van der Waals surface area contributed by atoms with Crippen molar-refractivity contribution in [1.29, 1.82) is 0 Å². The minimum Gasteiger partial charge on any atom is -0.508 e. The van der Waals surface area contributed by atoms with Gasteiger partial charge in [0.1, 0.15) is 16.4 Å². The molecule has 0 bridgehead atoms. The van der Waals surface area contributed by atoms with Gasteiger partial charge in [-0.3, -0.25) is 0 Å². The predicted molar refractivity (Wildman–Crippen MR) is 208 cm³/mol. The van der Waals surface area contributed by atoms with Gasteiger partial charge in [0.05, 0.1) is 12.2 Å². The van der Waals surface area contributed by atoms with E-state index in [0.717, 1.165) is 151 Å². The monoisotopic (exact) mass is 725 g/mol. The van der Waals surface area contributed by atoms with Crippen molar-refractivity contribution < 1.29 is 35.2 Å². The quantitative estimate of drug-likeness (QED) is 0.0705. The van der Waals surface area contributed by atoms with Crippen LogP contribution in [-0.4, -0.2) is 50.9 Å². The third kappa shape index (κ3) is 13.2. The molecule has 0 aliphatic heterocycles. The maximum absolute atomic E-state index is 11.9. The summed E-state index contributed by atoms with van der Waals surface area (Å²) in [6, 6.07) is 12.3. The fraction of sp³-hybridized carbons (Fsp3) is 0.727. The highest BCUT2D eigenvalue weighted by atomic mass is 17.0. The summed E-state index contributed by atoms with van der Waals surface area (Å²) >= 11 is 0. The topological polar surface area (TPSA) is 119 Å². The molecule has 0 amide bonds. The number of rotatable bonds is 22. The van der Waals surface area contributed by atoms with Crippen molar-refractivity contribution in [2.45, 2.75) is 191 Å². The van der Waals surface area contributed by atoms with Gasteiger partial charge in [0, 0.05) is 0 Å². The van der Waals surface area contributed by atoms with Crippen LogP contribution in [0.5, 0.6) is 11.5 Å². The first-order chi connectivity index (χ1) is 24.9. The number of aliphatic hydroxyl groups excluding tert-OH is 2. The molecule has 2 aromatic rings. The van der Waals surface area contributed by atoms with Crippen molar-refractivity contribution in [1.82, 2.24) is 0 Å². The zero-order chi connectivity index (χ0) is 37.6. The lowest BCUT2D eigenvalue weighted by molar-refractivity contribution is -0.981. The molecule has 4 atom stereocenters. The first-order valence-corrected chi connectivity index (χ1v) is 20.6. The summed E-state index contributed by atoms with van der Waals surface area (Å²) < 4.78 is 0. The molecule has 292 valence electrons. The lowest BCUT2D eigenvalue weighted by Gasteiger charge is -2.29. The molecule has 2 fully saturated rings. The van der Waals surface area contributed by atoms with E-state index in [1.165, 1.54) is 0 Å². The molecule has 0 aromatic heterocycles. The summed E-state index contributed by atoms with van der Waals surface area (Å²) in [7, 11) is 0. The van der Waals surface area contributed by atoms with Crippen LogP contribution in [0.25, 0.3) is 0 Å². The van der Waals surface area contributed by atoms with Gasteiger partial charge >= 0.3 is 5.09 Å². The van der Waals surface area contributed by atoms with Gasteiger partial charge in [-0.2, -0.15) is 9.68 Å². The Hall–Kier alpha value is -2.84. The largest absolute Gasteiger partial charge is 0.508 e. The van der Waals surface area contributed by atoms with Crippen molar-refractivity contribution in [2.75, 3.05) is 13.2 Å². The van der Waals surface area contributed by atoms with Crippen LogP contribution in [0.2, 0.25) is 0 Å². The summed E-state index contributed by atoms with van der Waals surface area (Å²) in [4.78, 5) is 22.3. The Balaban J connectivity index is 0.979. The van der Waals surface area contributed by atoms with E-state index in [4.69, 9.17) is 9.68 Å². The highest BCUT2D eigenvalue weighted by molar-refractivity contribution is 5.42. The first-order valence-electron chi connectivity index (χ1n) is 20.6. The van der Waals surface area contributed by atoms with Gasteiger partial charge in [-0.15, -0.1) is 0 Å². The zero-order valence-electron chi connectivity index (χ0n) is 32.8. The number of hydrogen-bond acceptors (Lipinski definition) is 7. The molecule has 2 aliphatic carbocycles. The smallest absolute Gasteiger partial charge is 0.477 e. The van der Waals surface area contributed by atoms with Crippen LogP contribution in [0.15, 0.2) is 36.4 Å². The first kappa shape index (κ1) is 41.9. The van der Waals surface area contributed by atoms with Crippen LogP contribution in [0.4, 0.5) is 0 Å². The van der Waals surface area contributed by atoms with Crippen molar-refractivity contribution in [3.63, 3.8) is 0 Å². The number of benzene rings is 2. The van der Waals surface area contributed by atoms with Crippen LogP contribution in [0, 0.1) is 4.91 Å². The third-order valence-electron chi connectivity index (χ3n) is 12.1. The Kier molecular flexibility index (Phi) is 16.6. The average Bonchev–Trinajstić information content (AvgIpc) is 3.10. The molecule has 4 rings (SSSR count). The highest BCUT2D eigenvalue weighted by Crippen LogP contribution is 2.41. The van der Waals surface area contributed by atoms with E-state index >= 15 is 0 Å². The van der Waals surface area contributed by atoms with Gasteiger partial charge in [0.25, 0.3) is 0 Å². The molecule has 2 aromatic carbocycles. The average molecular weight is 725 g/mol. The minimum atomic E-state index is -0.257. The number of aliphatic hydroxyl groups is 2. The number of phenols is 2. The molecule has 2 aliphatic rings. The summed E-state index contributed by atoms with van der Waals surface area (Å²) in [6.07, 6.45) is 19.1. The van der Waals surface area contributed by atoms with Crippen LogP contribution >= 0.6 is 0 Å². The lowest BCUT2D eigenvalue weighted by Crippen LogP contribution is -2.19. The second kappa shape index (κ2) is 20.6. The van der Waals surface area contributed by atoms with E-state index in [1.54, 1.807) is 0 Å². The normalized spacial score (nSPS) is 21.2. The number of unbranched alkanes of at least 4 members (excludes halogenated alkanes) is 8. The van der Waals surface area contributed by atoms with Crippen LogP contribution < -0.4 is 0 Å². The molecular formula is C44H70NO7+. The van der Waals surface area contributed by atoms with Gasteiger partial charge in [-0.1, -0.05) is 103 Å². The number of nitrogens with zero attached hydrogens (tertiary/aromatic N) is 1. The van der Waals surface area contributed by atoms with E-state index in [9.17, 15) is 25.3 Å². The Morgan fingerprint density at radius 3 is 1.37 bits per heavy atom. The Morgan fingerprint density at radius 1 is 0.596 bits per heavy atom. The molecule has 0 spiro atoms. The SMILES string of the molecule is CC(C)(CCCCCCCO[N+](=O)OCCCCCCCC(C)(C)c1ccc([C@H]2CCC[C@@H](O)C2)c(O)c1)c1ccc([C@H]2CCC[C@@H](O)C2)c(O)c1. The van der Waals surface area contributed by atoms with Gasteiger partial charge in [-0.25, -0.2) is 0 Å². The second-order valence-electron chi connectivity index (χ2n) is 17.3. The van der Waals surface area contributed by atoms with Crippen LogP contribution in [0.1, 0.15) is 190 Å². The highest BCUT2D eigenvalue weighted by Gasteiger charge is 2.28. The van der Waals surface area contributed by atoms with Crippen molar-refractivity contribution in [3.05, 3.63) is 63.6 Å². The Bertz CT molecular complexity index is 1270. The zero-order valence-corrected chi connectivity index (χ0v) is 32.8. The van der Waals surface area contributed by atoms with Crippen molar-refractivity contribution in [3.8, 4) is 11.5 Å². The van der Waals surface area contributed by atoms with E-state index < -0.39 is 0 Å². The molecule has 8 heteroatoms. The van der Waals surface area contributed by atoms with E-state index in [2.05, 4.69) is 52.0 Å². The Morgan fingerprint density at radius 2 is 0.981 bits per heavy atom. The maximum Gasteiger partial charge on any atom is 0.477 e. The molecule has 2 saturated carbocycles. The Labute approximate surface area is 313 Å². The number of aromatic hydroxyl groups is 2. The standard InChI is InChI=1S/C44H69NO7/c1-43(2,35-21-23-39(41(48)31-35)33-17-15-19-37(46)29-33)25-11-7-5-9-13-27-51-45(50)52-28-14-10-6-8-12-26-44(3,4)36-22-24-40(42(49)32-36)34-18-16-20-38(47)30-34/h21-24,31-34,37-38,46-47H,5-20,25-30H2,1-4H3,(H-,48,49)/p+1/t33-,34-,37+,38+/m0/s1. The van der Waals surface area contributed by atoms with Crippen molar-refractivity contribution in [2.24, 2.45) is 0 Å². The molecule has 0 unspecified atom stereocenters. The maximum atomic E-state index is 11.9. The fourth-order valence-corrected chi connectivity index (χ4v) is 8.52. The van der Waals surface area contributed by atoms with Crippen LogP contribution in [0.3, 0.4) is 0 Å². The third-order valence-corrected chi connectivity index (χ3v) is 12.1. The minimum absolute atomic E-state index is 0.0250. The molecule has 0 radical (unpaired) electrons. The lowest BCUT2D eigenvalue weighted by atomic mass is 9.77. The molecule has 8 nitrogen and oxygen atoms in total. The van der Waals surface area contributed by atoms with Gasteiger partial charge in [0.2, 0.25) is 0 Å². The molecule has 4 N–H and O–H groups in total. The fourth-order valence-electron chi connectivity index (χ4n) is 8.52. The number of hydrogen-bond donors (Lipinski definition) is 4. The second-order valence-corrected chi connectivity index (χ2v) is 17.3. The van der Waals surface area contributed by atoms with E-state index in [1.807, 2.05) is 12.1 Å². The summed E-state index contributed by atoms with van der Waals surface area (Å²) in [5, 5.41) is 41.9. The van der Waals surface area contributed by atoms with Crippen LogP contribution in [-0.2, 0) is 20.5 Å². The molecular weight excluding hydrogens is 654 g/mol. The van der Waals surface area contributed by atoms with E-state index in [-0.39, 0.29) is 40.0 Å². The molecule has 0 saturated heterocycles. The molecule has 52 heavy (non-hydrogen) atoms. The van der Waals surface area contributed by atoms with E-state index in [0.29, 0.717) is 24.7 Å². The van der Waals surface area contributed by atoms with Gasteiger partial charge in [-0.05, 0) is 134 Å². The van der Waals surface area contributed by atoms with Gasteiger partial charge in [0.15, 0.2) is 13.2 Å². The number of phenolic OH excluding ortho intramolecular Hbond substituents is 2. The summed E-state index contributed by atoms with van der Waals surface area (Å²) in [5.41, 5.74) is 4.22. The van der Waals surface area contributed by atoms with Crippen molar-refractivity contribution >= 4 is 0 Å². The van der Waals surface area contributed by atoms with Gasteiger partial charge < -0.3 is 20.4 Å². The predicted octanol–water partition coefficient (Wildman–Crippen LogP) is 10.7.